The number of piperazine rings is 1. The number of hydrogen-bond acceptors (Lipinski definition) is 4. The molecule has 0 atom stereocenters. The Labute approximate surface area is 155 Å². The quantitative estimate of drug-likeness (QED) is 0.886. The van der Waals surface area contributed by atoms with Crippen LogP contribution in [-0.4, -0.2) is 69.4 Å². The van der Waals surface area contributed by atoms with Crippen LogP contribution in [0.2, 0.25) is 0 Å². The second-order valence-corrected chi connectivity index (χ2v) is 8.27. The lowest BCUT2D eigenvalue weighted by Gasteiger charge is -2.33. The molecule has 3 heterocycles. The molecule has 0 aromatic carbocycles. The minimum atomic E-state index is -0.335. The van der Waals surface area contributed by atoms with Crippen molar-refractivity contribution in [3.63, 3.8) is 0 Å². The fourth-order valence-electron chi connectivity index (χ4n) is 3.70. The van der Waals surface area contributed by atoms with Gasteiger partial charge >= 0.3 is 0 Å². The minimum Gasteiger partial charge on any atom is -0.345 e. The van der Waals surface area contributed by atoms with Crippen molar-refractivity contribution in [1.29, 1.82) is 0 Å². The molecule has 7 nitrogen and oxygen atoms in total. The number of carbonyl (C=O) groups is 2. The second kappa shape index (κ2) is 7.39. The summed E-state index contributed by atoms with van der Waals surface area (Å²) < 4.78 is 1.96. The lowest BCUT2D eigenvalue weighted by atomic mass is 10.1. The predicted octanol–water partition coefficient (Wildman–Crippen LogP) is 1.53. The summed E-state index contributed by atoms with van der Waals surface area (Å²) >= 11 is 0. The van der Waals surface area contributed by atoms with E-state index in [9.17, 15) is 9.59 Å². The molecule has 1 aromatic rings. The van der Waals surface area contributed by atoms with E-state index in [2.05, 4.69) is 22.1 Å². The Morgan fingerprint density at radius 3 is 2.38 bits per heavy atom. The van der Waals surface area contributed by atoms with Gasteiger partial charge in [-0.15, -0.1) is 0 Å². The van der Waals surface area contributed by atoms with Gasteiger partial charge < -0.3 is 19.7 Å². The van der Waals surface area contributed by atoms with E-state index in [1.165, 1.54) is 0 Å². The summed E-state index contributed by atoms with van der Waals surface area (Å²) in [5.74, 6) is 0.155. The number of aromatic nitrogens is 2. The number of nitrogens with one attached hydrogen (secondary N) is 1. The Morgan fingerprint density at radius 1 is 1.08 bits per heavy atom. The predicted molar refractivity (Wildman–Crippen MR) is 100 cm³/mol. The molecule has 0 bridgehead atoms. The van der Waals surface area contributed by atoms with Gasteiger partial charge in [0.25, 0.3) is 11.8 Å². The standard InChI is InChI=1S/C19H31N5O2/c1-5-22-10-12-23(13-11-22)18(26)15-14-8-6-7-9-24(14)16(20-15)17(25)21-19(2,3)4/h5-13H2,1-4H3,(H,21,25). The topological polar surface area (TPSA) is 70.5 Å². The van der Waals surface area contributed by atoms with Gasteiger partial charge in [0.1, 0.15) is 5.69 Å². The molecule has 3 rings (SSSR count). The lowest BCUT2D eigenvalue weighted by Crippen LogP contribution is -2.48. The van der Waals surface area contributed by atoms with E-state index in [-0.39, 0.29) is 17.4 Å². The number of amides is 2. The third-order valence-corrected chi connectivity index (χ3v) is 5.12. The van der Waals surface area contributed by atoms with Crippen LogP contribution in [0.15, 0.2) is 0 Å². The molecule has 2 aliphatic rings. The zero-order valence-electron chi connectivity index (χ0n) is 16.5. The first kappa shape index (κ1) is 18.9. The first-order valence-electron chi connectivity index (χ1n) is 9.73. The molecular weight excluding hydrogens is 330 g/mol. The van der Waals surface area contributed by atoms with Gasteiger partial charge in [-0.3, -0.25) is 9.59 Å². The van der Waals surface area contributed by atoms with E-state index in [1.807, 2.05) is 30.2 Å². The van der Waals surface area contributed by atoms with Gasteiger partial charge in [-0.2, -0.15) is 0 Å². The smallest absolute Gasteiger partial charge is 0.287 e. The molecule has 26 heavy (non-hydrogen) atoms. The fraction of sp³-hybridized carbons (Fsp3) is 0.737. The average Bonchev–Trinajstić information content (AvgIpc) is 2.99. The van der Waals surface area contributed by atoms with E-state index in [0.29, 0.717) is 11.5 Å². The number of hydrogen-bond donors (Lipinski definition) is 1. The Morgan fingerprint density at radius 2 is 1.77 bits per heavy atom. The maximum absolute atomic E-state index is 13.1. The zero-order chi connectivity index (χ0) is 18.9. The summed E-state index contributed by atoms with van der Waals surface area (Å²) in [6, 6.07) is 0. The van der Waals surface area contributed by atoms with Crippen molar-refractivity contribution >= 4 is 11.8 Å². The van der Waals surface area contributed by atoms with Gasteiger partial charge in [0.05, 0.1) is 5.69 Å². The normalized spacial score (nSPS) is 18.5. The zero-order valence-corrected chi connectivity index (χ0v) is 16.5. The number of imidazole rings is 1. The molecular formula is C19H31N5O2. The maximum atomic E-state index is 13.1. The second-order valence-electron chi connectivity index (χ2n) is 8.27. The van der Waals surface area contributed by atoms with Crippen LogP contribution in [0.25, 0.3) is 0 Å². The summed E-state index contributed by atoms with van der Waals surface area (Å²) in [4.78, 5) is 34.6. The van der Waals surface area contributed by atoms with Gasteiger partial charge in [0.15, 0.2) is 5.82 Å². The van der Waals surface area contributed by atoms with Crippen LogP contribution in [0.1, 0.15) is 67.3 Å². The fourth-order valence-corrected chi connectivity index (χ4v) is 3.70. The van der Waals surface area contributed by atoms with Crippen molar-refractivity contribution in [3.05, 3.63) is 17.2 Å². The van der Waals surface area contributed by atoms with Crippen molar-refractivity contribution in [2.24, 2.45) is 0 Å². The highest BCUT2D eigenvalue weighted by atomic mass is 16.2. The Bertz CT molecular complexity index is 681. The third-order valence-electron chi connectivity index (χ3n) is 5.12. The molecule has 1 aromatic heterocycles. The van der Waals surface area contributed by atoms with Gasteiger partial charge in [0, 0.05) is 38.3 Å². The summed E-state index contributed by atoms with van der Waals surface area (Å²) in [5, 5.41) is 2.98. The molecule has 0 aliphatic carbocycles. The Balaban J connectivity index is 1.86. The van der Waals surface area contributed by atoms with E-state index < -0.39 is 0 Å². The number of fused-ring (bicyclic) bond motifs is 1. The molecule has 1 fully saturated rings. The number of rotatable bonds is 3. The van der Waals surface area contributed by atoms with Gasteiger partial charge in [0.2, 0.25) is 0 Å². The molecule has 144 valence electrons. The van der Waals surface area contributed by atoms with E-state index in [4.69, 9.17) is 0 Å². The molecule has 1 saturated heterocycles. The summed E-state index contributed by atoms with van der Waals surface area (Å²) in [6.45, 7) is 13.0. The summed E-state index contributed by atoms with van der Waals surface area (Å²) in [6.07, 6.45) is 2.86. The van der Waals surface area contributed by atoms with Crippen LogP contribution in [0, 0.1) is 0 Å². The highest BCUT2D eigenvalue weighted by molar-refractivity contribution is 5.97. The van der Waals surface area contributed by atoms with Crippen molar-refractivity contribution in [3.8, 4) is 0 Å². The van der Waals surface area contributed by atoms with E-state index in [0.717, 1.165) is 64.2 Å². The van der Waals surface area contributed by atoms with Crippen molar-refractivity contribution in [2.45, 2.75) is 59.0 Å². The van der Waals surface area contributed by atoms with Gasteiger partial charge in [-0.25, -0.2) is 4.98 Å². The van der Waals surface area contributed by atoms with Crippen LogP contribution in [0.3, 0.4) is 0 Å². The van der Waals surface area contributed by atoms with Crippen molar-refractivity contribution in [2.75, 3.05) is 32.7 Å². The van der Waals surface area contributed by atoms with Crippen LogP contribution in [-0.2, 0) is 13.0 Å². The van der Waals surface area contributed by atoms with E-state index >= 15 is 0 Å². The Hall–Kier alpha value is -1.89. The lowest BCUT2D eigenvalue weighted by molar-refractivity contribution is 0.0636. The van der Waals surface area contributed by atoms with Crippen LogP contribution < -0.4 is 5.32 Å². The van der Waals surface area contributed by atoms with E-state index in [1.54, 1.807) is 0 Å². The number of nitrogens with zero attached hydrogens (tertiary/aromatic N) is 4. The van der Waals surface area contributed by atoms with Gasteiger partial charge in [-0.1, -0.05) is 6.92 Å². The Kier molecular flexibility index (Phi) is 5.37. The van der Waals surface area contributed by atoms with Crippen LogP contribution in [0.4, 0.5) is 0 Å². The summed E-state index contributed by atoms with van der Waals surface area (Å²) in [5.41, 5.74) is 1.07. The molecule has 0 saturated carbocycles. The van der Waals surface area contributed by atoms with Crippen molar-refractivity contribution in [1.82, 2.24) is 24.7 Å². The number of carbonyl (C=O) groups excluding carboxylic acids is 2. The monoisotopic (exact) mass is 361 g/mol. The molecule has 0 spiro atoms. The molecule has 0 unspecified atom stereocenters. The molecule has 2 aliphatic heterocycles. The molecule has 0 radical (unpaired) electrons. The molecule has 2 amide bonds. The summed E-state index contributed by atoms with van der Waals surface area (Å²) in [7, 11) is 0. The third kappa shape index (κ3) is 3.92. The molecule has 7 heteroatoms. The van der Waals surface area contributed by atoms with Crippen molar-refractivity contribution < 1.29 is 9.59 Å². The minimum absolute atomic E-state index is 0.0267. The SMILES string of the molecule is CCN1CCN(C(=O)c2nc(C(=O)NC(C)(C)C)n3c2CCCC3)CC1. The largest absolute Gasteiger partial charge is 0.345 e. The first-order valence-corrected chi connectivity index (χ1v) is 9.73. The molecule has 1 N–H and O–H groups in total. The maximum Gasteiger partial charge on any atom is 0.287 e. The van der Waals surface area contributed by atoms with Gasteiger partial charge in [-0.05, 0) is 46.6 Å². The number of likely N-dealkylation sites (N-methyl/N-ethyl adjacent to an activating group) is 1. The highest BCUT2D eigenvalue weighted by Crippen LogP contribution is 2.23. The van der Waals surface area contributed by atoms with Crippen LogP contribution in [0.5, 0.6) is 0 Å². The van der Waals surface area contributed by atoms with Crippen LogP contribution >= 0.6 is 0 Å². The highest BCUT2D eigenvalue weighted by Gasteiger charge is 2.31. The average molecular weight is 361 g/mol. The first-order chi connectivity index (χ1) is 12.3.